The molecular weight excluding hydrogens is 300 g/mol. The minimum absolute atomic E-state index is 0.0862. The molecule has 6 heteroatoms. The van der Waals surface area contributed by atoms with Crippen LogP contribution in [0.3, 0.4) is 0 Å². The van der Waals surface area contributed by atoms with E-state index in [0.29, 0.717) is 26.1 Å². The second-order valence-corrected chi connectivity index (χ2v) is 6.70. The van der Waals surface area contributed by atoms with E-state index in [-0.39, 0.29) is 42.6 Å². The molecule has 5 atom stereocenters. The Hall–Kier alpha value is -1.14. The van der Waals surface area contributed by atoms with Crippen molar-refractivity contribution in [2.75, 3.05) is 19.8 Å². The highest BCUT2D eigenvalue weighted by molar-refractivity contribution is 5.73. The average molecular weight is 328 g/mol. The number of carbonyl (C=O) groups excluding carboxylic acids is 2. The Morgan fingerprint density at radius 1 is 1.04 bits per heavy atom. The summed E-state index contributed by atoms with van der Waals surface area (Å²) in [5.74, 6) is -0.811. The van der Waals surface area contributed by atoms with E-state index in [9.17, 15) is 9.59 Å². The van der Waals surface area contributed by atoms with E-state index < -0.39 is 6.10 Å². The molecule has 2 fully saturated rings. The number of hydrogen-bond donors (Lipinski definition) is 0. The highest BCUT2D eigenvalue weighted by Crippen LogP contribution is 2.22. The lowest BCUT2D eigenvalue weighted by atomic mass is 9.96. The first kappa shape index (κ1) is 18.2. The molecule has 2 aliphatic rings. The molecule has 0 aliphatic carbocycles. The SMILES string of the molecule is CC1CCC(C(=O)OCC(C)OC(=O)C2CCOC(C)C2)CO1. The molecule has 5 unspecified atom stereocenters. The van der Waals surface area contributed by atoms with Crippen LogP contribution in [0.2, 0.25) is 0 Å². The van der Waals surface area contributed by atoms with Crippen molar-refractivity contribution in [2.45, 2.75) is 64.8 Å². The lowest BCUT2D eigenvalue weighted by Gasteiger charge is -2.27. The van der Waals surface area contributed by atoms with Gasteiger partial charge in [-0.1, -0.05) is 0 Å². The van der Waals surface area contributed by atoms with E-state index >= 15 is 0 Å². The summed E-state index contributed by atoms with van der Waals surface area (Å²) in [6.07, 6.45) is 2.88. The van der Waals surface area contributed by atoms with Crippen LogP contribution >= 0.6 is 0 Å². The molecule has 2 rings (SSSR count). The van der Waals surface area contributed by atoms with Gasteiger partial charge in [-0.15, -0.1) is 0 Å². The second-order valence-electron chi connectivity index (χ2n) is 6.70. The summed E-state index contributed by atoms with van der Waals surface area (Å²) in [5, 5.41) is 0. The van der Waals surface area contributed by atoms with Crippen LogP contribution in [0.15, 0.2) is 0 Å². The van der Waals surface area contributed by atoms with Gasteiger partial charge in [-0.2, -0.15) is 0 Å². The lowest BCUT2D eigenvalue weighted by molar-refractivity contribution is -0.168. The van der Waals surface area contributed by atoms with Crippen LogP contribution in [0.5, 0.6) is 0 Å². The molecule has 0 aromatic carbocycles. The summed E-state index contributed by atoms with van der Waals surface area (Å²) < 4.78 is 21.6. The van der Waals surface area contributed by atoms with Crippen LogP contribution in [0.1, 0.15) is 46.5 Å². The van der Waals surface area contributed by atoms with Gasteiger partial charge in [0.1, 0.15) is 12.7 Å². The van der Waals surface area contributed by atoms with Gasteiger partial charge in [0.2, 0.25) is 0 Å². The molecule has 0 N–H and O–H groups in total. The predicted molar refractivity (Wildman–Crippen MR) is 82.8 cm³/mol. The number of hydrogen-bond acceptors (Lipinski definition) is 6. The van der Waals surface area contributed by atoms with E-state index in [1.54, 1.807) is 6.92 Å². The molecule has 0 saturated carbocycles. The van der Waals surface area contributed by atoms with Crippen LogP contribution in [0.4, 0.5) is 0 Å². The van der Waals surface area contributed by atoms with Gasteiger partial charge in [0.25, 0.3) is 0 Å². The van der Waals surface area contributed by atoms with Gasteiger partial charge in [0.05, 0.1) is 30.7 Å². The van der Waals surface area contributed by atoms with Gasteiger partial charge in [-0.05, 0) is 46.5 Å². The quantitative estimate of drug-likeness (QED) is 0.720. The third kappa shape index (κ3) is 5.77. The summed E-state index contributed by atoms with van der Waals surface area (Å²) in [4.78, 5) is 24.1. The molecule has 23 heavy (non-hydrogen) atoms. The Labute approximate surface area is 137 Å². The summed E-state index contributed by atoms with van der Waals surface area (Å²) in [7, 11) is 0. The van der Waals surface area contributed by atoms with Gasteiger partial charge >= 0.3 is 11.9 Å². The predicted octanol–water partition coefficient (Wildman–Crippen LogP) is 2.09. The summed E-state index contributed by atoms with van der Waals surface area (Å²) in [5.41, 5.74) is 0. The van der Waals surface area contributed by atoms with Crippen LogP contribution in [-0.4, -0.2) is 50.1 Å². The lowest BCUT2D eigenvalue weighted by Crippen LogP contribution is -2.34. The largest absolute Gasteiger partial charge is 0.461 e. The fraction of sp³-hybridized carbons (Fsp3) is 0.882. The Bertz CT molecular complexity index is 402. The maximum Gasteiger partial charge on any atom is 0.311 e. The molecule has 132 valence electrons. The first-order valence-corrected chi connectivity index (χ1v) is 8.56. The third-order valence-electron chi connectivity index (χ3n) is 4.43. The molecule has 2 aliphatic heterocycles. The summed E-state index contributed by atoms with van der Waals surface area (Å²) >= 11 is 0. The maximum atomic E-state index is 12.1. The van der Waals surface area contributed by atoms with Crippen LogP contribution in [0.25, 0.3) is 0 Å². The molecule has 2 saturated heterocycles. The Morgan fingerprint density at radius 2 is 1.83 bits per heavy atom. The van der Waals surface area contributed by atoms with Crippen molar-refractivity contribution in [3.63, 3.8) is 0 Å². The minimum atomic E-state index is -0.437. The highest BCUT2D eigenvalue weighted by atomic mass is 16.6. The molecular formula is C17H28O6. The van der Waals surface area contributed by atoms with Gasteiger partial charge in [0, 0.05) is 6.61 Å². The van der Waals surface area contributed by atoms with E-state index in [1.807, 2.05) is 13.8 Å². The molecule has 0 aromatic rings. The zero-order valence-corrected chi connectivity index (χ0v) is 14.3. The Morgan fingerprint density at radius 3 is 2.48 bits per heavy atom. The molecule has 0 amide bonds. The zero-order chi connectivity index (χ0) is 16.8. The Balaban J connectivity index is 1.67. The Kier molecular flexibility index (Phi) is 6.84. The third-order valence-corrected chi connectivity index (χ3v) is 4.43. The van der Waals surface area contributed by atoms with Crippen molar-refractivity contribution < 1.29 is 28.5 Å². The van der Waals surface area contributed by atoms with Crippen LogP contribution < -0.4 is 0 Å². The normalized spacial score (nSPS) is 32.8. The minimum Gasteiger partial charge on any atom is -0.461 e. The van der Waals surface area contributed by atoms with Gasteiger partial charge in [-0.25, -0.2) is 0 Å². The van der Waals surface area contributed by atoms with Gasteiger partial charge in [-0.3, -0.25) is 9.59 Å². The highest BCUT2D eigenvalue weighted by Gasteiger charge is 2.29. The van der Waals surface area contributed by atoms with E-state index in [2.05, 4.69) is 0 Å². The van der Waals surface area contributed by atoms with Crippen molar-refractivity contribution in [2.24, 2.45) is 11.8 Å². The fourth-order valence-corrected chi connectivity index (χ4v) is 2.93. The number of esters is 2. The number of carbonyl (C=O) groups is 2. The molecule has 6 nitrogen and oxygen atoms in total. The average Bonchev–Trinajstić information content (AvgIpc) is 2.53. The zero-order valence-electron chi connectivity index (χ0n) is 14.3. The topological polar surface area (TPSA) is 71.1 Å². The molecule has 0 aromatic heterocycles. The molecule has 0 bridgehead atoms. The molecule has 0 radical (unpaired) electrons. The van der Waals surface area contributed by atoms with E-state index in [0.717, 1.165) is 12.8 Å². The smallest absolute Gasteiger partial charge is 0.311 e. The monoisotopic (exact) mass is 328 g/mol. The van der Waals surface area contributed by atoms with Gasteiger partial charge in [0.15, 0.2) is 0 Å². The van der Waals surface area contributed by atoms with Crippen molar-refractivity contribution in [3.05, 3.63) is 0 Å². The summed E-state index contributed by atoms with van der Waals surface area (Å²) in [6.45, 7) is 6.79. The molecule has 2 heterocycles. The fourth-order valence-electron chi connectivity index (χ4n) is 2.93. The first-order valence-electron chi connectivity index (χ1n) is 8.56. The van der Waals surface area contributed by atoms with E-state index in [1.165, 1.54) is 0 Å². The van der Waals surface area contributed by atoms with Crippen molar-refractivity contribution >= 4 is 11.9 Å². The first-order chi connectivity index (χ1) is 11.0. The van der Waals surface area contributed by atoms with Crippen LogP contribution in [-0.2, 0) is 28.5 Å². The second kappa shape index (κ2) is 8.64. The van der Waals surface area contributed by atoms with Gasteiger partial charge < -0.3 is 18.9 Å². The van der Waals surface area contributed by atoms with E-state index in [4.69, 9.17) is 18.9 Å². The van der Waals surface area contributed by atoms with Crippen molar-refractivity contribution in [1.82, 2.24) is 0 Å². The van der Waals surface area contributed by atoms with Crippen LogP contribution in [0, 0.1) is 11.8 Å². The number of rotatable bonds is 5. The summed E-state index contributed by atoms with van der Waals surface area (Å²) in [6, 6.07) is 0. The standard InChI is InChI=1S/C17H28O6/c1-11-4-5-15(10-21-11)16(18)22-9-13(3)23-17(19)14-6-7-20-12(2)8-14/h11-15H,4-10H2,1-3H3. The molecule has 0 spiro atoms. The van der Waals surface area contributed by atoms with Crippen molar-refractivity contribution in [1.29, 1.82) is 0 Å². The number of ether oxygens (including phenoxy) is 4. The van der Waals surface area contributed by atoms with Crippen molar-refractivity contribution in [3.8, 4) is 0 Å². The maximum absolute atomic E-state index is 12.1.